The molecule has 2 saturated heterocycles. The minimum Gasteiger partial charge on any atom is -0.462 e. The molecule has 4 heterocycles. The van der Waals surface area contributed by atoms with Crippen LogP contribution in [0.1, 0.15) is 54.6 Å². The molecule has 0 saturated carbocycles. The Hall–Kier alpha value is -3.30. The summed E-state index contributed by atoms with van der Waals surface area (Å²) in [6, 6.07) is 8.66. The number of rotatable bonds is 7. The van der Waals surface area contributed by atoms with Crippen molar-refractivity contribution in [2.75, 3.05) is 32.1 Å². The molecule has 1 aromatic carbocycles. The van der Waals surface area contributed by atoms with Crippen LogP contribution in [0.5, 0.6) is 6.01 Å². The number of aryl methyl sites for hydroxylation is 1. The molecule has 9 nitrogen and oxygen atoms in total. The number of carbonyl (C=O) groups is 2. The van der Waals surface area contributed by atoms with E-state index in [1.54, 1.807) is 11.8 Å². The quantitative estimate of drug-likeness (QED) is 0.562. The highest BCUT2D eigenvalue weighted by Crippen LogP contribution is 2.41. The van der Waals surface area contributed by atoms with Crippen molar-refractivity contribution in [1.29, 1.82) is 0 Å². The van der Waals surface area contributed by atoms with E-state index in [1.165, 1.54) is 23.6 Å². The largest absolute Gasteiger partial charge is 0.462 e. The molecular weight excluding hydrogens is 480 g/mol. The molecule has 2 aromatic rings. The Balaban J connectivity index is 1.27. The first-order valence-corrected chi connectivity index (χ1v) is 13.7. The molecule has 2 fully saturated rings. The van der Waals surface area contributed by atoms with Crippen LogP contribution >= 0.6 is 0 Å². The van der Waals surface area contributed by atoms with E-state index in [0.717, 1.165) is 37.1 Å². The first-order valence-electron chi connectivity index (χ1n) is 13.7. The van der Waals surface area contributed by atoms with Gasteiger partial charge in [0.1, 0.15) is 18.5 Å². The third-order valence-corrected chi connectivity index (χ3v) is 8.78. The smallest absolute Gasteiger partial charge is 0.318 e. The summed E-state index contributed by atoms with van der Waals surface area (Å²) >= 11 is 0. The normalized spacial score (nSPS) is 27.0. The van der Waals surface area contributed by atoms with Gasteiger partial charge in [-0.25, -0.2) is 0 Å². The molecular formula is C29H36N6O3. The Morgan fingerprint density at radius 3 is 2.87 bits per heavy atom. The molecule has 4 atom stereocenters. The summed E-state index contributed by atoms with van der Waals surface area (Å²) in [5, 5.41) is 3.39. The van der Waals surface area contributed by atoms with Crippen molar-refractivity contribution in [1.82, 2.24) is 24.7 Å². The predicted octanol–water partition coefficient (Wildman–Crippen LogP) is 2.72. The van der Waals surface area contributed by atoms with Crippen molar-refractivity contribution < 1.29 is 14.3 Å². The molecule has 6 rings (SSSR count). The first kappa shape index (κ1) is 25.0. The van der Waals surface area contributed by atoms with Crippen LogP contribution in [0.15, 0.2) is 36.9 Å². The van der Waals surface area contributed by atoms with Crippen molar-refractivity contribution >= 4 is 17.5 Å². The number of ether oxygens (including phenoxy) is 1. The molecule has 3 unspecified atom stereocenters. The molecule has 1 N–H and O–H groups in total. The molecule has 0 radical (unpaired) electrons. The number of ketones is 1. The lowest BCUT2D eigenvalue weighted by Crippen LogP contribution is -2.34. The topological polar surface area (TPSA) is 90.9 Å². The van der Waals surface area contributed by atoms with Gasteiger partial charge in [0, 0.05) is 37.3 Å². The maximum atomic E-state index is 13.1. The highest BCUT2D eigenvalue weighted by Gasteiger charge is 2.41. The fourth-order valence-corrected chi connectivity index (χ4v) is 6.50. The maximum Gasteiger partial charge on any atom is 0.318 e. The number of carbonyl (C=O) groups excluding carboxylic acids is 2. The lowest BCUT2D eigenvalue weighted by molar-refractivity contribution is -0.130. The molecule has 1 amide bonds. The number of amides is 1. The van der Waals surface area contributed by atoms with Crippen LogP contribution in [-0.4, -0.2) is 81.2 Å². The summed E-state index contributed by atoms with van der Waals surface area (Å²) in [4.78, 5) is 41.4. The van der Waals surface area contributed by atoms with E-state index in [-0.39, 0.29) is 18.2 Å². The fraction of sp³-hybridized carbons (Fsp3) is 0.517. The van der Waals surface area contributed by atoms with Crippen molar-refractivity contribution in [3.8, 4) is 6.01 Å². The average molecular weight is 517 g/mol. The highest BCUT2D eigenvalue weighted by atomic mass is 16.5. The molecule has 4 aliphatic rings. The van der Waals surface area contributed by atoms with E-state index >= 15 is 0 Å². The van der Waals surface area contributed by atoms with E-state index in [1.807, 2.05) is 0 Å². The number of fused-ring (bicyclic) bond motifs is 2. The van der Waals surface area contributed by atoms with Crippen LogP contribution in [0.4, 0.5) is 5.82 Å². The Morgan fingerprint density at radius 1 is 1.24 bits per heavy atom. The standard InChI is InChI=1S/C29H36N6O3/c1-4-26(36)35-16-24(27(37)18(35)2)30-28-22-14-34(25-12-11-19-8-5-6-10-21(19)25)15-23(22)31-29(32-28)38-17-20-9-7-13-33(20)3/h4-6,8,10,18,20,24-25H,1,7,9,11-17H2,2-3H3,(H,30,31,32)/t18?,20-,24?,25?/m0/s1. The molecule has 1 aliphatic carbocycles. The summed E-state index contributed by atoms with van der Waals surface area (Å²) in [5.41, 5.74) is 4.76. The van der Waals surface area contributed by atoms with E-state index < -0.39 is 12.1 Å². The van der Waals surface area contributed by atoms with Gasteiger partial charge in [-0.2, -0.15) is 9.97 Å². The number of aromatic nitrogens is 2. The van der Waals surface area contributed by atoms with Crippen LogP contribution < -0.4 is 10.1 Å². The molecule has 9 heteroatoms. The summed E-state index contributed by atoms with van der Waals surface area (Å²) in [5.74, 6) is 0.373. The van der Waals surface area contributed by atoms with Crippen LogP contribution in [0.2, 0.25) is 0 Å². The number of Topliss-reactive ketones (excluding diaryl/α,β-unsaturated/α-hetero) is 1. The fourth-order valence-electron chi connectivity index (χ4n) is 6.50. The molecule has 1 aromatic heterocycles. The number of nitrogens with one attached hydrogen (secondary N) is 1. The number of nitrogens with zero attached hydrogens (tertiary/aromatic N) is 5. The highest BCUT2D eigenvalue weighted by molar-refractivity contribution is 6.00. The van der Waals surface area contributed by atoms with Crippen LogP contribution in [0.3, 0.4) is 0 Å². The van der Waals surface area contributed by atoms with E-state index in [2.05, 4.69) is 53.0 Å². The van der Waals surface area contributed by atoms with Gasteiger partial charge in [-0.05, 0) is 63.4 Å². The summed E-state index contributed by atoms with van der Waals surface area (Å²) in [6.07, 6.45) is 5.69. The van der Waals surface area contributed by atoms with Gasteiger partial charge in [-0.3, -0.25) is 14.5 Å². The summed E-state index contributed by atoms with van der Waals surface area (Å²) in [7, 11) is 2.12. The molecule has 3 aliphatic heterocycles. The Labute approximate surface area is 223 Å². The number of likely N-dealkylation sites (N-methyl/N-ethyl adjacent to an activating group) is 1. The number of benzene rings is 1. The van der Waals surface area contributed by atoms with Gasteiger partial charge in [0.05, 0.1) is 11.7 Å². The molecule has 0 spiro atoms. The lowest BCUT2D eigenvalue weighted by atomic mass is 10.1. The van der Waals surface area contributed by atoms with Gasteiger partial charge in [-0.15, -0.1) is 0 Å². The van der Waals surface area contributed by atoms with Crippen molar-refractivity contribution in [3.63, 3.8) is 0 Å². The lowest BCUT2D eigenvalue weighted by Gasteiger charge is -2.24. The van der Waals surface area contributed by atoms with E-state index in [0.29, 0.717) is 43.6 Å². The van der Waals surface area contributed by atoms with Crippen molar-refractivity contribution in [2.45, 2.75) is 69.9 Å². The van der Waals surface area contributed by atoms with Crippen molar-refractivity contribution in [2.24, 2.45) is 0 Å². The second-order valence-electron chi connectivity index (χ2n) is 11.0. The van der Waals surface area contributed by atoms with Crippen LogP contribution in [0.25, 0.3) is 0 Å². The third-order valence-electron chi connectivity index (χ3n) is 8.78. The monoisotopic (exact) mass is 516 g/mol. The molecule has 38 heavy (non-hydrogen) atoms. The van der Waals surface area contributed by atoms with Crippen LogP contribution in [0, 0.1) is 0 Å². The maximum absolute atomic E-state index is 13.1. The van der Waals surface area contributed by atoms with Crippen molar-refractivity contribution in [3.05, 3.63) is 59.3 Å². The van der Waals surface area contributed by atoms with Gasteiger partial charge in [-0.1, -0.05) is 30.8 Å². The van der Waals surface area contributed by atoms with Gasteiger partial charge in [0.15, 0.2) is 5.78 Å². The number of hydrogen-bond acceptors (Lipinski definition) is 8. The minimum absolute atomic E-state index is 0.0258. The average Bonchev–Trinajstić information content (AvgIpc) is 3.70. The van der Waals surface area contributed by atoms with Gasteiger partial charge >= 0.3 is 6.01 Å². The number of anilines is 1. The van der Waals surface area contributed by atoms with E-state index in [9.17, 15) is 9.59 Å². The summed E-state index contributed by atoms with van der Waals surface area (Å²) < 4.78 is 6.15. The Kier molecular flexibility index (Phi) is 6.65. The molecule has 0 bridgehead atoms. The second-order valence-corrected chi connectivity index (χ2v) is 11.0. The second kappa shape index (κ2) is 10.1. The van der Waals surface area contributed by atoms with E-state index in [4.69, 9.17) is 14.7 Å². The number of hydrogen-bond donors (Lipinski definition) is 1. The zero-order valence-corrected chi connectivity index (χ0v) is 22.2. The predicted molar refractivity (Wildman–Crippen MR) is 144 cm³/mol. The van der Waals surface area contributed by atoms with Gasteiger partial charge in [0.25, 0.3) is 0 Å². The first-order chi connectivity index (χ1) is 18.4. The van der Waals surface area contributed by atoms with Crippen LogP contribution in [-0.2, 0) is 29.1 Å². The van der Waals surface area contributed by atoms with Gasteiger partial charge in [0.2, 0.25) is 5.91 Å². The Bertz CT molecular complexity index is 1260. The SMILES string of the molecule is C=CC(=O)N1CC(Nc2nc(OC[C@@H]3CCCN3C)nc3c2CN(C2CCc4ccccc42)C3)C(=O)C1C. The Morgan fingerprint density at radius 2 is 2.08 bits per heavy atom. The zero-order valence-electron chi connectivity index (χ0n) is 22.2. The van der Waals surface area contributed by atoms with Gasteiger partial charge < -0.3 is 19.9 Å². The minimum atomic E-state index is -0.539. The molecule has 200 valence electrons. The number of likely N-dealkylation sites (tertiary alicyclic amines) is 2. The summed E-state index contributed by atoms with van der Waals surface area (Å²) in [6.45, 7) is 8.66. The third kappa shape index (κ3) is 4.47. The zero-order chi connectivity index (χ0) is 26.4.